The Morgan fingerprint density at radius 3 is 2.79 bits per heavy atom. The van der Waals surface area contributed by atoms with Gasteiger partial charge in [-0.2, -0.15) is 5.26 Å². The number of ether oxygens (including phenoxy) is 1. The number of benzene rings is 2. The van der Waals surface area contributed by atoms with Crippen molar-refractivity contribution in [3.8, 4) is 11.2 Å². The molecule has 2 aromatic heterocycles. The second-order valence-electron chi connectivity index (χ2n) is 9.33. The maximum Gasteiger partial charge on any atom is 0.232 e. The zero-order valence-corrected chi connectivity index (χ0v) is 22.9. The van der Waals surface area contributed by atoms with Crippen LogP contribution in [0.1, 0.15) is 56.8 Å². The van der Waals surface area contributed by atoms with Gasteiger partial charge in [-0.3, -0.25) is 14.4 Å². The molecule has 1 amide bonds. The number of nitrogens with one attached hydrogen (secondary N) is 1. The molecule has 0 unspecified atom stereocenters. The van der Waals surface area contributed by atoms with Crippen molar-refractivity contribution in [1.82, 2.24) is 14.8 Å². The second kappa shape index (κ2) is 9.76. The highest BCUT2D eigenvalue weighted by molar-refractivity contribution is 7.15. The number of halogens is 1. The Morgan fingerprint density at radius 1 is 1.23 bits per heavy atom. The molecule has 0 spiro atoms. The molecule has 1 N–H and O–H groups in total. The Kier molecular flexibility index (Phi) is 6.25. The monoisotopic (exact) mass is 555 g/mol. The standard InChI is InChI=1S/C28H22ClN7O2S/c1-14-15(2)39-28-24(14)25(17-4-6-19(29)7-5-17)33-22(26-35-34-16(3)36(26)28)11-23(37)32-20-8-9-21-18(10-20)12-38-27(21)31-13-30/h4-10,22H,11-12H2,1-3H3,(H,32,37)/t22-/m0/s1. The van der Waals surface area contributed by atoms with Gasteiger partial charge < -0.3 is 10.1 Å². The van der Waals surface area contributed by atoms with Gasteiger partial charge in [0.25, 0.3) is 0 Å². The van der Waals surface area contributed by atoms with Crippen LogP contribution in [0.15, 0.2) is 52.4 Å². The number of thiophene rings is 1. The molecule has 0 radical (unpaired) electrons. The molecule has 9 nitrogen and oxygen atoms in total. The summed E-state index contributed by atoms with van der Waals surface area (Å²) in [6, 6.07) is 12.4. The molecule has 11 heteroatoms. The summed E-state index contributed by atoms with van der Waals surface area (Å²) in [7, 11) is 0. The predicted octanol–water partition coefficient (Wildman–Crippen LogP) is 5.59. The Balaban J connectivity index is 1.37. The third-order valence-corrected chi connectivity index (χ3v) is 8.32. The first-order valence-corrected chi connectivity index (χ1v) is 13.4. The lowest BCUT2D eigenvalue weighted by molar-refractivity contribution is -0.116. The van der Waals surface area contributed by atoms with Crippen molar-refractivity contribution in [2.75, 3.05) is 5.32 Å². The van der Waals surface area contributed by atoms with Crippen LogP contribution in [0.3, 0.4) is 0 Å². The molecular formula is C28H22ClN7O2S. The maximum absolute atomic E-state index is 13.3. The van der Waals surface area contributed by atoms with Crippen LogP contribution in [0.2, 0.25) is 5.02 Å². The molecule has 0 saturated carbocycles. The number of carbonyl (C=O) groups excluding carboxylic acids is 1. The lowest BCUT2D eigenvalue weighted by atomic mass is 9.99. The van der Waals surface area contributed by atoms with E-state index >= 15 is 0 Å². The molecule has 6 rings (SSSR count). The lowest BCUT2D eigenvalue weighted by Crippen LogP contribution is -2.17. The normalized spacial score (nSPS) is 16.4. The van der Waals surface area contributed by atoms with E-state index in [1.165, 1.54) is 4.88 Å². The summed E-state index contributed by atoms with van der Waals surface area (Å²) in [5.74, 6) is 1.43. The number of hydrogen-bond donors (Lipinski definition) is 1. The third kappa shape index (κ3) is 4.39. The van der Waals surface area contributed by atoms with Gasteiger partial charge in [0, 0.05) is 37.8 Å². The zero-order valence-electron chi connectivity index (χ0n) is 21.3. The van der Waals surface area contributed by atoms with Crippen molar-refractivity contribution >= 4 is 46.1 Å². The molecule has 0 fully saturated rings. The van der Waals surface area contributed by atoms with E-state index < -0.39 is 6.04 Å². The quantitative estimate of drug-likeness (QED) is 0.329. The van der Waals surface area contributed by atoms with Crippen molar-refractivity contribution in [2.24, 2.45) is 9.98 Å². The Labute approximate surface area is 233 Å². The summed E-state index contributed by atoms with van der Waals surface area (Å²) in [6.07, 6.45) is 1.82. The topological polar surface area (TPSA) is 118 Å². The highest BCUT2D eigenvalue weighted by atomic mass is 35.5. The predicted molar refractivity (Wildman–Crippen MR) is 150 cm³/mol. The van der Waals surface area contributed by atoms with Crippen LogP contribution < -0.4 is 5.32 Å². The Bertz CT molecular complexity index is 1740. The number of amides is 1. The van der Waals surface area contributed by atoms with Gasteiger partial charge in [0.05, 0.1) is 12.1 Å². The zero-order chi connectivity index (χ0) is 27.3. The fourth-order valence-corrected chi connectivity index (χ4v) is 6.22. The van der Waals surface area contributed by atoms with E-state index in [0.717, 1.165) is 44.4 Å². The van der Waals surface area contributed by atoms with Gasteiger partial charge >= 0.3 is 0 Å². The van der Waals surface area contributed by atoms with Gasteiger partial charge in [-0.1, -0.05) is 23.7 Å². The van der Waals surface area contributed by atoms with Crippen LogP contribution in [-0.4, -0.2) is 32.3 Å². The number of nitrogens with zero attached hydrogens (tertiary/aromatic N) is 6. The largest absolute Gasteiger partial charge is 0.472 e. The first kappa shape index (κ1) is 25.0. The molecular weight excluding hydrogens is 534 g/mol. The van der Waals surface area contributed by atoms with E-state index in [1.54, 1.807) is 29.7 Å². The van der Waals surface area contributed by atoms with E-state index in [9.17, 15) is 4.79 Å². The molecule has 194 valence electrons. The fraction of sp³-hybridized carbons (Fsp3) is 0.214. The molecule has 0 saturated heterocycles. The smallest absolute Gasteiger partial charge is 0.232 e. The molecule has 2 aromatic carbocycles. The third-order valence-electron chi connectivity index (χ3n) is 6.87. The minimum Gasteiger partial charge on any atom is -0.472 e. The van der Waals surface area contributed by atoms with Gasteiger partial charge in [-0.15, -0.1) is 26.5 Å². The van der Waals surface area contributed by atoms with Crippen molar-refractivity contribution in [1.29, 1.82) is 5.26 Å². The van der Waals surface area contributed by atoms with Gasteiger partial charge in [-0.05, 0) is 56.7 Å². The van der Waals surface area contributed by atoms with Gasteiger partial charge in [-0.25, -0.2) is 0 Å². The average molecular weight is 556 g/mol. The number of aliphatic imine (C=N–C) groups is 2. The number of carbonyl (C=O) groups is 1. The van der Waals surface area contributed by atoms with Crippen molar-refractivity contribution < 1.29 is 9.53 Å². The van der Waals surface area contributed by atoms with E-state index in [0.29, 0.717) is 29.0 Å². The number of aromatic nitrogens is 3. The highest BCUT2D eigenvalue weighted by Crippen LogP contribution is 2.39. The number of fused-ring (bicyclic) bond motifs is 4. The van der Waals surface area contributed by atoms with E-state index in [2.05, 4.69) is 34.4 Å². The van der Waals surface area contributed by atoms with Gasteiger partial charge in [0.1, 0.15) is 23.5 Å². The minimum atomic E-state index is -0.566. The van der Waals surface area contributed by atoms with Crippen LogP contribution in [-0.2, 0) is 16.1 Å². The summed E-state index contributed by atoms with van der Waals surface area (Å²) in [5, 5.41) is 22.3. The second-order valence-corrected chi connectivity index (χ2v) is 11.0. The highest BCUT2D eigenvalue weighted by Gasteiger charge is 2.32. The van der Waals surface area contributed by atoms with E-state index in [4.69, 9.17) is 26.6 Å². The van der Waals surface area contributed by atoms with Crippen LogP contribution in [0, 0.1) is 32.2 Å². The number of nitriles is 1. The van der Waals surface area contributed by atoms with Crippen LogP contribution in [0.5, 0.6) is 0 Å². The number of anilines is 1. The summed E-state index contributed by atoms with van der Waals surface area (Å²) in [6.45, 7) is 6.38. The van der Waals surface area contributed by atoms with Gasteiger partial charge in [0.2, 0.25) is 18.0 Å². The molecule has 2 aliphatic heterocycles. The van der Waals surface area contributed by atoms with Crippen molar-refractivity contribution in [3.63, 3.8) is 0 Å². The molecule has 1 atom stereocenters. The first-order valence-electron chi connectivity index (χ1n) is 12.2. The fourth-order valence-electron chi connectivity index (χ4n) is 4.88. The number of rotatable bonds is 4. The van der Waals surface area contributed by atoms with E-state index in [-0.39, 0.29) is 12.3 Å². The number of aryl methyl sites for hydroxylation is 2. The van der Waals surface area contributed by atoms with Crippen molar-refractivity contribution in [3.05, 3.63) is 91.8 Å². The molecule has 0 bridgehead atoms. The SMILES string of the molecule is Cc1sc2c(c1C)C(c1ccc(Cl)cc1)=N[C@@H](CC(=O)Nc1ccc3c(c1)COC3=NC#N)c1nnc(C)n1-2. The maximum atomic E-state index is 13.3. The van der Waals surface area contributed by atoms with Gasteiger partial charge in [0.15, 0.2) is 5.82 Å². The molecule has 0 aliphatic carbocycles. The van der Waals surface area contributed by atoms with Crippen molar-refractivity contribution in [2.45, 2.75) is 39.8 Å². The van der Waals surface area contributed by atoms with Crippen LogP contribution in [0.25, 0.3) is 5.00 Å². The van der Waals surface area contributed by atoms with Crippen LogP contribution in [0.4, 0.5) is 5.69 Å². The molecule has 4 heterocycles. The Morgan fingerprint density at radius 2 is 2.03 bits per heavy atom. The Hall–Kier alpha value is -4.33. The number of hydrogen-bond acceptors (Lipinski definition) is 8. The summed E-state index contributed by atoms with van der Waals surface area (Å²) < 4.78 is 7.50. The summed E-state index contributed by atoms with van der Waals surface area (Å²) >= 11 is 7.85. The summed E-state index contributed by atoms with van der Waals surface area (Å²) in [4.78, 5) is 23.4. The van der Waals surface area contributed by atoms with Crippen LogP contribution >= 0.6 is 22.9 Å². The lowest BCUT2D eigenvalue weighted by Gasteiger charge is -2.13. The minimum absolute atomic E-state index is 0.0664. The van der Waals surface area contributed by atoms with E-state index in [1.807, 2.05) is 41.8 Å². The molecule has 2 aliphatic rings. The molecule has 4 aromatic rings. The average Bonchev–Trinajstić information content (AvgIpc) is 3.55. The first-order chi connectivity index (χ1) is 18.8. The summed E-state index contributed by atoms with van der Waals surface area (Å²) in [5.41, 5.74) is 6.08. The molecule has 39 heavy (non-hydrogen) atoms.